The van der Waals surface area contributed by atoms with Crippen molar-refractivity contribution in [3.63, 3.8) is 0 Å². The Bertz CT molecular complexity index is 285. The minimum atomic E-state index is 0.0497. The Labute approximate surface area is 96.1 Å². The van der Waals surface area contributed by atoms with Crippen molar-refractivity contribution in [2.24, 2.45) is 23.5 Å². The van der Waals surface area contributed by atoms with Crippen LogP contribution in [0, 0.1) is 17.8 Å². The fraction of sp³-hybridized carbons (Fsp3) is 0.917. The summed E-state index contributed by atoms with van der Waals surface area (Å²) in [5.74, 6) is 2.41. The molecule has 90 valence electrons. The van der Waals surface area contributed by atoms with Gasteiger partial charge in [-0.1, -0.05) is 0 Å². The van der Waals surface area contributed by atoms with Crippen molar-refractivity contribution in [3.05, 3.63) is 0 Å². The van der Waals surface area contributed by atoms with Crippen LogP contribution in [0.25, 0.3) is 0 Å². The number of rotatable bonds is 2. The monoisotopic (exact) mass is 224 g/mol. The van der Waals surface area contributed by atoms with E-state index in [1.807, 2.05) is 4.90 Å². The number of nitrogens with zero attached hydrogens (tertiary/aromatic N) is 1. The Kier molecular flexibility index (Phi) is 2.64. The number of carbonyl (C=O) groups is 1. The molecule has 2 aliphatic carbocycles. The average molecular weight is 224 g/mol. The second-order valence-corrected chi connectivity index (χ2v) is 5.44. The van der Waals surface area contributed by atoms with Crippen molar-refractivity contribution >= 4 is 5.91 Å². The predicted octanol–water partition coefficient (Wildman–Crippen LogP) is 0.219. The van der Waals surface area contributed by atoms with Gasteiger partial charge in [-0.2, -0.15) is 0 Å². The summed E-state index contributed by atoms with van der Waals surface area (Å²) in [5, 5.41) is 0. The molecule has 0 spiro atoms. The molecule has 4 heteroatoms. The second kappa shape index (κ2) is 4.00. The molecule has 0 radical (unpaired) electrons. The Morgan fingerprint density at radius 2 is 2.06 bits per heavy atom. The molecule has 3 rings (SSSR count). The van der Waals surface area contributed by atoms with Crippen LogP contribution in [0.1, 0.15) is 19.3 Å². The van der Waals surface area contributed by atoms with Gasteiger partial charge in [-0.05, 0) is 31.1 Å². The topological polar surface area (TPSA) is 55.6 Å². The highest BCUT2D eigenvalue weighted by molar-refractivity contribution is 5.79. The molecule has 4 nitrogen and oxygen atoms in total. The number of ether oxygens (including phenoxy) is 1. The third-order valence-corrected chi connectivity index (χ3v) is 4.31. The molecule has 0 aromatic heterocycles. The van der Waals surface area contributed by atoms with Crippen LogP contribution < -0.4 is 5.73 Å². The van der Waals surface area contributed by atoms with Gasteiger partial charge in [0.15, 0.2) is 0 Å². The Balaban J connectivity index is 1.57. The van der Waals surface area contributed by atoms with Gasteiger partial charge in [0.25, 0.3) is 0 Å². The van der Waals surface area contributed by atoms with Gasteiger partial charge in [-0.25, -0.2) is 0 Å². The summed E-state index contributed by atoms with van der Waals surface area (Å²) in [6, 6.07) is 0. The van der Waals surface area contributed by atoms with Crippen LogP contribution in [0.4, 0.5) is 0 Å². The van der Waals surface area contributed by atoms with E-state index in [1.54, 1.807) is 0 Å². The summed E-state index contributed by atoms with van der Waals surface area (Å²) in [4.78, 5) is 14.2. The maximum atomic E-state index is 12.3. The quantitative estimate of drug-likeness (QED) is 0.730. The zero-order valence-electron chi connectivity index (χ0n) is 9.60. The highest BCUT2D eigenvalue weighted by Gasteiger charge is 2.49. The van der Waals surface area contributed by atoms with E-state index in [0.717, 1.165) is 31.2 Å². The van der Waals surface area contributed by atoms with Crippen molar-refractivity contribution in [1.29, 1.82) is 0 Å². The van der Waals surface area contributed by atoms with E-state index in [-0.39, 0.29) is 6.10 Å². The highest BCUT2D eigenvalue weighted by Crippen LogP contribution is 2.54. The number of amides is 1. The van der Waals surface area contributed by atoms with Gasteiger partial charge in [-0.15, -0.1) is 0 Å². The van der Waals surface area contributed by atoms with Crippen molar-refractivity contribution in [2.45, 2.75) is 25.4 Å². The van der Waals surface area contributed by atoms with E-state index in [9.17, 15) is 4.79 Å². The molecule has 0 aromatic carbocycles. The van der Waals surface area contributed by atoms with E-state index >= 15 is 0 Å². The minimum Gasteiger partial charge on any atom is -0.373 e. The fourth-order valence-electron chi connectivity index (χ4n) is 3.24. The lowest BCUT2D eigenvalue weighted by Gasteiger charge is -2.34. The van der Waals surface area contributed by atoms with Gasteiger partial charge >= 0.3 is 0 Å². The molecule has 3 unspecified atom stereocenters. The van der Waals surface area contributed by atoms with Crippen LogP contribution in [-0.4, -0.2) is 43.2 Å². The molecular weight excluding hydrogens is 204 g/mol. The number of hydrogen-bond acceptors (Lipinski definition) is 3. The predicted molar refractivity (Wildman–Crippen MR) is 59.7 cm³/mol. The van der Waals surface area contributed by atoms with Crippen LogP contribution in [0.3, 0.4) is 0 Å². The van der Waals surface area contributed by atoms with Crippen LogP contribution in [0.5, 0.6) is 0 Å². The van der Waals surface area contributed by atoms with Crippen molar-refractivity contribution in [1.82, 2.24) is 4.90 Å². The average Bonchev–Trinajstić information content (AvgIpc) is 2.95. The Hall–Kier alpha value is -0.610. The van der Waals surface area contributed by atoms with Crippen molar-refractivity contribution in [3.8, 4) is 0 Å². The first-order chi connectivity index (χ1) is 7.78. The Morgan fingerprint density at radius 1 is 1.31 bits per heavy atom. The molecule has 0 bridgehead atoms. The van der Waals surface area contributed by atoms with Gasteiger partial charge in [0, 0.05) is 25.6 Å². The van der Waals surface area contributed by atoms with Gasteiger partial charge < -0.3 is 15.4 Å². The Morgan fingerprint density at radius 3 is 2.75 bits per heavy atom. The third kappa shape index (κ3) is 1.84. The molecule has 16 heavy (non-hydrogen) atoms. The van der Waals surface area contributed by atoms with E-state index < -0.39 is 0 Å². The molecule has 1 amide bonds. The van der Waals surface area contributed by atoms with Crippen molar-refractivity contribution < 1.29 is 9.53 Å². The minimum absolute atomic E-state index is 0.0497. The number of morpholine rings is 1. The van der Waals surface area contributed by atoms with Crippen molar-refractivity contribution in [2.75, 3.05) is 26.2 Å². The van der Waals surface area contributed by atoms with Gasteiger partial charge in [-0.3, -0.25) is 4.79 Å². The summed E-state index contributed by atoms with van der Waals surface area (Å²) in [6.07, 6.45) is 3.69. The summed E-state index contributed by atoms with van der Waals surface area (Å²) in [6.45, 7) is 2.61. The first-order valence-electron chi connectivity index (χ1n) is 6.38. The normalized spacial score (nSPS) is 41.9. The summed E-state index contributed by atoms with van der Waals surface area (Å²) < 4.78 is 5.48. The lowest BCUT2D eigenvalue weighted by atomic mass is 10.0. The molecule has 3 atom stereocenters. The fourth-order valence-corrected chi connectivity index (χ4v) is 3.24. The van der Waals surface area contributed by atoms with Crippen LogP contribution in [-0.2, 0) is 9.53 Å². The van der Waals surface area contributed by atoms with E-state index in [2.05, 4.69) is 0 Å². The molecule has 3 fully saturated rings. The van der Waals surface area contributed by atoms with Crippen LogP contribution in [0.15, 0.2) is 0 Å². The summed E-state index contributed by atoms with van der Waals surface area (Å²) in [7, 11) is 0. The van der Waals surface area contributed by atoms with Gasteiger partial charge in [0.2, 0.25) is 5.91 Å². The third-order valence-electron chi connectivity index (χ3n) is 4.31. The zero-order valence-corrected chi connectivity index (χ0v) is 9.60. The van der Waals surface area contributed by atoms with E-state index in [1.165, 1.54) is 6.42 Å². The molecular formula is C12H20N2O2. The number of hydrogen-bond donors (Lipinski definition) is 1. The summed E-state index contributed by atoms with van der Waals surface area (Å²) >= 11 is 0. The maximum absolute atomic E-state index is 12.3. The van der Waals surface area contributed by atoms with E-state index in [4.69, 9.17) is 10.5 Å². The van der Waals surface area contributed by atoms with Crippen LogP contribution in [0.2, 0.25) is 0 Å². The van der Waals surface area contributed by atoms with Crippen LogP contribution >= 0.6 is 0 Å². The molecule has 1 saturated heterocycles. The lowest BCUT2D eigenvalue weighted by Crippen LogP contribution is -2.49. The van der Waals surface area contributed by atoms with Gasteiger partial charge in [0.05, 0.1) is 12.7 Å². The molecule has 2 saturated carbocycles. The molecule has 3 aliphatic rings. The number of nitrogens with two attached hydrogens (primary N) is 1. The standard InChI is InChI=1S/C12H20N2O2/c13-6-11-7-14(1-2-16-11)12(15)10-4-8-3-9(8)5-10/h8-11H,1-7,13H2. The first kappa shape index (κ1) is 10.5. The molecule has 1 heterocycles. The highest BCUT2D eigenvalue weighted by atomic mass is 16.5. The smallest absolute Gasteiger partial charge is 0.225 e. The SMILES string of the molecule is NCC1CN(C(=O)C2CC3CC3C2)CCO1. The zero-order chi connectivity index (χ0) is 11.1. The number of fused-ring (bicyclic) bond motifs is 1. The largest absolute Gasteiger partial charge is 0.373 e. The number of carbonyl (C=O) groups excluding carboxylic acids is 1. The second-order valence-electron chi connectivity index (χ2n) is 5.44. The van der Waals surface area contributed by atoms with E-state index in [0.29, 0.717) is 31.5 Å². The molecule has 1 aliphatic heterocycles. The lowest BCUT2D eigenvalue weighted by molar-refractivity contribution is -0.142. The first-order valence-corrected chi connectivity index (χ1v) is 6.38. The maximum Gasteiger partial charge on any atom is 0.225 e. The molecule has 2 N–H and O–H groups in total. The van der Waals surface area contributed by atoms with Gasteiger partial charge in [0.1, 0.15) is 0 Å². The molecule has 0 aromatic rings. The summed E-state index contributed by atoms with van der Waals surface area (Å²) in [5.41, 5.74) is 5.59.